The molecule has 1 heterocycles. The molecule has 2 bridgehead atoms. The summed E-state index contributed by atoms with van der Waals surface area (Å²) in [4.78, 5) is 99.7. The highest BCUT2D eigenvalue weighted by Crippen LogP contribution is 2.64. The van der Waals surface area contributed by atoms with Crippen molar-refractivity contribution in [2.24, 2.45) is 16.7 Å². The Morgan fingerprint density at radius 1 is 0.870 bits per heavy atom. The average Bonchev–Trinajstić information content (AvgIpc) is 3.27. The van der Waals surface area contributed by atoms with E-state index >= 15 is 9.59 Å². The van der Waals surface area contributed by atoms with Gasteiger partial charge in [-0.25, -0.2) is 14.4 Å². The highest BCUT2D eigenvalue weighted by atomic mass is 28.4. The zero-order valence-electron chi connectivity index (χ0n) is 41.5. The van der Waals surface area contributed by atoms with Gasteiger partial charge in [0.1, 0.15) is 29.5 Å². The van der Waals surface area contributed by atoms with Gasteiger partial charge in [0.15, 0.2) is 43.8 Å². The topological polar surface area (TPSA) is 237 Å². The number of ether oxygens (including phenoxy) is 6. The van der Waals surface area contributed by atoms with Crippen LogP contribution in [0.2, 0.25) is 18.1 Å². The average molecular weight is 978 g/mol. The molecule has 6 rings (SSSR count). The van der Waals surface area contributed by atoms with Crippen LogP contribution in [0.1, 0.15) is 111 Å². The monoisotopic (exact) mass is 977 g/mol. The van der Waals surface area contributed by atoms with Gasteiger partial charge in [0, 0.05) is 25.7 Å². The largest absolute Gasteiger partial charge is 0.456 e. The molecule has 1 aliphatic heterocycles. The van der Waals surface area contributed by atoms with Gasteiger partial charge in [0.25, 0.3) is 0 Å². The van der Waals surface area contributed by atoms with Gasteiger partial charge >= 0.3 is 30.0 Å². The predicted molar refractivity (Wildman–Crippen MR) is 250 cm³/mol. The van der Waals surface area contributed by atoms with Crippen LogP contribution in [0.25, 0.3) is 0 Å². The summed E-state index contributed by atoms with van der Waals surface area (Å²) < 4.78 is 43.2. The molecule has 18 heteroatoms. The van der Waals surface area contributed by atoms with Crippen LogP contribution in [0.5, 0.6) is 0 Å². The van der Waals surface area contributed by atoms with Crippen molar-refractivity contribution in [2.45, 2.75) is 167 Å². The van der Waals surface area contributed by atoms with Crippen LogP contribution in [0.15, 0.2) is 71.8 Å². The number of hydrogen-bond donors (Lipinski definition) is 3. The number of alkyl carbamates (subject to hydrolysis) is 1. The Hall–Kier alpha value is -5.27. The van der Waals surface area contributed by atoms with Crippen molar-refractivity contribution < 1.29 is 76.6 Å². The molecule has 1 saturated heterocycles. The van der Waals surface area contributed by atoms with E-state index in [0.29, 0.717) is 23.7 Å². The third-order valence-electron chi connectivity index (χ3n) is 14.9. The lowest BCUT2D eigenvalue weighted by atomic mass is 9.44. The maximum atomic E-state index is 15.7. The van der Waals surface area contributed by atoms with E-state index in [9.17, 15) is 34.2 Å². The van der Waals surface area contributed by atoms with Crippen molar-refractivity contribution >= 4 is 49.9 Å². The van der Waals surface area contributed by atoms with E-state index < -0.39 is 139 Å². The number of carbonyl (C=O) groups is 7. The summed E-state index contributed by atoms with van der Waals surface area (Å²) in [6.07, 6.45) is -12.3. The summed E-state index contributed by atoms with van der Waals surface area (Å²) in [6, 6.07) is 17.0. The van der Waals surface area contributed by atoms with Crippen molar-refractivity contribution in [3.8, 4) is 0 Å². The van der Waals surface area contributed by atoms with Crippen LogP contribution >= 0.6 is 0 Å². The molecule has 376 valence electrons. The number of ketones is 2. The van der Waals surface area contributed by atoms with E-state index in [2.05, 4.69) is 5.32 Å². The molecule has 0 aromatic heterocycles. The van der Waals surface area contributed by atoms with Crippen LogP contribution in [-0.2, 0) is 56.8 Å². The standard InChI is InChI=1S/C51H67NO16Si/c1-13-69(14-2,15-3)68-38(35(31-22-18-16-19-23-31)52-46(60)67-47(7,8)9)45(59)64-33-26-51(61)43(65-44(58)32-24-20-17-21-25-32)39-49(12,40(56)36(55)42-50(39,27-62-42)66-30(6)54)41(57)37(63-29(5)53)34(28(33)4)48(51,10)11/h16-25,33,35,37-40,42-43,56,61H,13-15,26-27H2,1-12H3,(H,52,60)/t33-,35-,37+,38+,39-,40-,42+,43-,49-,50+,51+/m0/s1. The Morgan fingerprint density at radius 3 is 1.96 bits per heavy atom. The van der Waals surface area contributed by atoms with Crippen LogP contribution < -0.4 is 5.32 Å². The zero-order chi connectivity index (χ0) is 51.2. The van der Waals surface area contributed by atoms with E-state index in [4.69, 9.17) is 32.8 Å². The molecule has 17 nitrogen and oxygen atoms in total. The summed E-state index contributed by atoms with van der Waals surface area (Å²) >= 11 is 0. The van der Waals surface area contributed by atoms with Crippen molar-refractivity contribution in [1.29, 1.82) is 0 Å². The van der Waals surface area contributed by atoms with E-state index in [-0.39, 0.29) is 16.7 Å². The Kier molecular flexibility index (Phi) is 15.0. The van der Waals surface area contributed by atoms with Gasteiger partial charge in [-0.15, -0.1) is 0 Å². The van der Waals surface area contributed by atoms with Crippen molar-refractivity contribution in [3.63, 3.8) is 0 Å². The number of esters is 4. The second kappa shape index (κ2) is 19.5. The first kappa shape index (κ1) is 53.1. The quantitative estimate of drug-likeness (QED) is 0.0847. The molecule has 0 radical (unpaired) electrons. The number of aliphatic hydroxyl groups excluding tert-OH is 1. The number of fused-ring (bicyclic) bond motifs is 5. The Morgan fingerprint density at radius 2 is 1.45 bits per heavy atom. The smallest absolute Gasteiger partial charge is 0.408 e. The lowest BCUT2D eigenvalue weighted by Crippen LogP contribution is -2.84. The lowest BCUT2D eigenvalue weighted by Gasteiger charge is -2.66. The van der Waals surface area contributed by atoms with Crippen LogP contribution in [0.3, 0.4) is 0 Å². The van der Waals surface area contributed by atoms with Gasteiger partial charge in [-0.05, 0) is 81.6 Å². The van der Waals surface area contributed by atoms with E-state index in [1.165, 1.54) is 26.0 Å². The van der Waals surface area contributed by atoms with Gasteiger partial charge in [-0.3, -0.25) is 19.2 Å². The number of Topliss-reactive ketones (excluding diaryl/α,β-unsaturated/α-hetero) is 2. The third kappa shape index (κ3) is 9.42. The Balaban J connectivity index is 1.62. The van der Waals surface area contributed by atoms with E-state index in [1.54, 1.807) is 83.1 Å². The summed E-state index contributed by atoms with van der Waals surface area (Å²) in [5.41, 5.74) is -9.13. The van der Waals surface area contributed by atoms with Crippen molar-refractivity contribution in [3.05, 3.63) is 82.9 Å². The number of benzene rings is 2. The van der Waals surface area contributed by atoms with Gasteiger partial charge in [-0.1, -0.05) is 83.1 Å². The minimum atomic E-state index is -2.78. The number of aliphatic hydroxyl groups is 2. The van der Waals surface area contributed by atoms with Crippen LogP contribution in [-0.4, -0.2) is 120 Å². The van der Waals surface area contributed by atoms with Gasteiger partial charge in [-0.2, -0.15) is 0 Å². The molecule has 2 saturated carbocycles. The van der Waals surface area contributed by atoms with Crippen molar-refractivity contribution in [2.75, 3.05) is 6.61 Å². The SMILES string of the molecule is CC[Si](CC)(CC)O[C@@H](C(=O)O[C@H]1C[C@@]2(O)[C@@H](OC(=O)c3ccccc3)[C@@H]3[C@]4(OC(C)=O)CO[C@@H]4C(=O)[C@H](O)[C@@]3(C)C(=O)[C@H](OC(C)=O)C(=C1C)C2(C)C)[C@@H](NC(=O)OC(C)(C)C)c1ccccc1. The second-order valence-corrected chi connectivity index (χ2v) is 25.2. The van der Waals surface area contributed by atoms with Gasteiger partial charge in [0.2, 0.25) is 0 Å². The van der Waals surface area contributed by atoms with E-state index in [0.717, 1.165) is 13.8 Å². The molecule has 3 fully saturated rings. The molecule has 2 aromatic carbocycles. The molecular weight excluding hydrogens is 911 g/mol. The minimum absolute atomic E-state index is 0.0211. The molecular formula is C51H67NO16Si. The molecule has 0 spiro atoms. The maximum Gasteiger partial charge on any atom is 0.408 e. The summed E-state index contributed by atoms with van der Waals surface area (Å²) in [5, 5.41) is 28.9. The number of nitrogens with one attached hydrogen (secondary N) is 1. The zero-order valence-corrected chi connectivity index (χ0v) is 42.5. The summed E-state index contributed by atoms with van der Waals surface area (Å²) in [6.45, 7) is 18.4. The predicted octanol–water partition coefficient (Wildman–Crippen LogP) is 6.04. The Bertz CT molecular complexity index is 2350. The second-order valence-electron chi connectivity index (χ2n) is 20.4. The fourth-order valence-electron chi connectivity index (χ4n) is 11.1. The molecule has 4 aliphatic rings. The molecule has 3 aliphatic carbocycles. The number of carbonyl (C=O) groups excluding carboxylic acids is 7. The first-order valence-corrected chi connectivity index (χ1v) is 26.1. The fraction of sp³-hybridized carbons (Fsp3) is 0.588. The molecule has 2 aromatic rings. The molecule has 11 atom stereocenters. The molecule has 3 N–H and O–H groups in total. The molecule has 0 unspecified atom stereocenters. The first-order valence-electron chi connectivity index (χ1n) is 23.5. The number of amides is 1. The van der Waals surface area contributed by atoms with Crippen LogP contribution in [0, 0.1) is 16.7 Å². The lowest BCUT2D eigenvalue weighted by molar-refractivity contribution is -0.327. The number of hydrogen-bond acceptors (Lipinski definition) is 16. The van der Waals surface area contributed by atoms with Gasteiger partial charge in [0.05, 0.1) is 29.5 Å². The van der Waals surface area contributed by atoms with E-state index in [1.807, 2.05) is 20.8 Å². The molecule has 1 amide bonds. The summed E-state index contributed by atoms with van der Waals surface area (Å²) in [7, 11) is -2.78. The van der Waals surface area contributed by atoms with Gasteiger partial charge < -0.3 is 48.4 Å². The fourth-order valence-corrected chi connectivity index (χ4v) is 13.8. The van der Waals surface area contributed by atoms with Crippen LogP contribution in [0.4, 0.5) is 4.79 Å². The number of rotatable bonds is 14. The highest BCUT2D eigenvalue weighted by molar-refractivity contribution is 6.73. The third-order valence-corrected chi connectivity index (χ3v) is 19.6. The molecule has 69 heavy (non-hydrogen) atoms. The Labute approximate surface area is 404 Å². The first-order chi connectivity index (χ1) is 32.2. The van der Waals surface area contributed by atoms with Crippen molar-refractivity contribution in [1.82, 2.24) is 5.32 Å². The minimum Gasteiger partial charge on any atom is -0.456 e. The normalized spacial score (nSPS) is 30.4. The summed E-state index contributed by atoms with van der Waals surface area (Å²) in [5.74, 6) is -7.69. The highest BCUT2D eigenvalue weighted by Gasteiger charge is 2.80. The maximum absolute atomic E-state index is 15.7.